The van der Waals surface area contributed by atoms with E-state index in [4.69, 9.17) is 0 Å². The van der Waals surface area contributed by atoms with E-state index in [2.05, 4.69) is 15.3 Å². The van der Waals surface area contributed by atoms with Crippen LogP contribution in [0.3, 0.4) is 0 Å². The number of aromatic nitrogens is 2. The summed E-state index contributed by atoms with van der Waals surface area (Å²) in [4.78, 5) is 41.0. The Morgan fingerprint density at radius 2 is 2.27 bits per heavy atom. The lowest BCUT2D eigenvalue weighted by Crippen LogP contribution is -2.23. The van der Waals surface area contributed by atoms with Gasteiger partial charge in [-0.1, -0.05) is 0 Å². The molecule has 2 rings (SSSR count). The van der Waals surface area contributed by atoms with Crippen LogP contribution in [0.15, 0.2) is 12.5 Å². The molecule has 0 spiro atoms. The molecular formula is C15H21N3O4. The van der Waals surface area contributed by atoms with Crippen LogP contribution in [0.5, 0.6) is 0 Å². The van der Waals surface area contributed by atoms with Gasteiger partial charge in [0.25, 0.3) is 0 Å². The summed E-state index contributed by atoms with van der Waals surface area (Å²) in [6, 6.07) is 0. The minimum atomic E-state index is -0.867. The SMILES string of the molecule is CC(=O)NCCCC(=O)C1CC1C(Cc1cnc[nH]1)C(=O)O. The van der Waals surface area contributed by atoms with E-state index in [0.29, 0.717) is 32.2 Å². The molecule has 3 unspecified atom stereocenters. The van der Waals surface area contributed by atoms with Gasteiger partial charge in [0.05, 0.1) is 12.2 Å². The first kappa shape index (κ1) is 16.2. The molecular weight excluding hydrogens is 286 g/mol. The van der Waals surface area contributed by atoms with E-state index in [0.717, 1.165) is 5.69 Å². The van der Waals surface area contributed by atoms with Crippen molar-refractivity contribution in [3.63, 3.8) is 0 Å². The maximum absolute atomic E-state index is 12.1. The first-order valence-electron chi connectivity index (χ1n) is 7.46. The van der Waals surface area contributed by atoms with Crippen molar-refractivity contribution >= 4 is 17.7 Å². The summed E-state index contributed by atoms with van der Waals surface area (Å²) in [5, 5.41) is 12.0. The third-order valence-electron chi connectivity index (χ3n) is 4.06. The van der Waals surface area contributed by atoms with Gasteiger partial charge in [-0.05, 0) is 18.8 Å². The van der Waals surface area contributed by atoms with E-state index in [-0.39, 0.29) is 23.5 Å². The van der Waals surface area contributed by atoms with Gasteiger partial charge in [-0.2, -0.15) is 0 Å². The van der Waals surface area contributed by atoms with E-state index in [9.17, 15) is 19.5 Å². The van der Waals surface area contributed by atoms with Gasteiger partial charge in [0, 0.05) is 44.1 Å². The highest BCUT2D eigenvalue weighted by Crippen LogP contribution is 2.46. The molecule has 0 aromatic carbocycles. The Labute approximate surface area is 128 Å². The van der Waals surface area contributed by atoms with E-state index in [1.807, 2.05) is 0 Å². The van der Waals surface area contributed by atoms with Crippen LogP contribution in [0.2, 0.25) is 0 Å². The molecule has 0 saturated heterocycles. The van der Waals surface area contributed by atoms with Crippen molar-refractivity contribution in [2.45, 2.75) is 32.6 Å². The fourth-order valence-electron chi connectivity index (χ4n) is 2.80. The monoisotopic (exact) mass is 307 g/mol. The molecule has 120 valence electrons. The fourth-order valence-corrected chi connectivity index (χ4v) is 2.80. The number of ketones is 1. The summed E-state index contributed by atoms with van der Waals surface area (Å²) in [7, 11) is 0. The average molecular weight is 307 g/mol. The normalized spacial score (nSPS) is 21.1. The molecule has 22 heavy (non-hydrogen) atoms. The lowest BCUT2D eigenvalue weighted by atomic mass is 9.95. The van der Waals surface area contributed by atoms with Crippen LogP contribution in [0.4, 0.5) is 0 Å². The number of Topliss-reactive ketones (excluding diaryl/α,β-unsaturated/α-hetero) is 1. The smallest absolute Gasteiger partial charge is 0.307 e. The van der Waals surface area contributed by atoms with Crippen molar-refractivity contribution in [3.8, 4) is 0 Å². The highest BCUT2D eigenvalue weighted by molar-refractivity contribution is 5.85. The van der Waals surface area contributed by atoms with Gasteiger partial charge in [-0.15, -0.1) is 0 Å². The van der Waals surface area contributed by atoms with Crippen molar-refractivity contribution in [2.75, 3.05) is 6.54 Å². The van der Waals surface area contributed by atoms with Crippen molar-refractivity contribution in [3.05, 3.63) is 18.2 Å². The molecule has 1 aliphatic rings. The Kier molecular flexibility index (Phi) is 5.30. The fraction of sp³-hybridized carbons (Fsp3) is 0.600. The summed E-state index contributed by atoms with van der Waals surface area (Å²) in [6.45, 7) is 1.92. The van der Waals surface area contributed by atoms with Crippen molar-refractivity contribution in [2.24, 2.45) is 17.8 Å². The molecule has 0 radical (unpaired) electrons. The second-order valence-electron chi connectivity index (χ2n) is 5.78. The van der Waals surface area contributed by atoms with Gasteiger partial charge in [-0.25, -0.2) is 4.98 Å². The lowest BCUT2D eigenvalue weighted by molar-refractivity contribution is -0.142. The number of amides is 1. The van der Waals surface area contributed by atoms with Gasteiger partial charge in [0.1, 0.15) is 5.78 Å². The molecule has 1 heterocycles. The van der Waals surface area contributed by atoms with Crippen LogP contribution >= 0.6 is 0 Å². The molecule has 1 saturated carbocycles. The number of carboxylic acid groups (broad SMARTS) is 1. The lowest BCUT2D eigenvalue weighted by Gasteiger charge is -2.10. The van der Waals surface area contributed by atoms with Crippen molar-refractivity contribution in [1.82, 2.24) is 15.3 Å². The number of rotatable bonds is 9. The van der Waals surface area contributed by atoms with E-state index >= 15 is 0 Å². The van der Waals surface area contributed by atoms with Gasteiger partial charge in [0.15, 0.2) is 0 Å². The van der Waals surface area contributed by atoms with E-state index in [1.165, 1.54) is 13.3 Å². The molecule has 7 nitrogen and oxygen atoms in total. The highest BCUT2D eigenvalue weighted by atomic mass is 16.4. The molecule has 1 aromatic heterocycles. The van der Waals surface area contributed by atoms with Gasteiger partial charge >= 0.3 is 5.97 Å². The number of hydrogen-bond donors (Lipinski definition) is 3. The number of aliphatic carboxylic acids is 1. The minimum absolute atomic E-state index is 0.0888. The number of nitrogens with zero attached hydrogens (tertiary/aromatic N) is 1. The third-order valence-corrected chi connectivity index (χ3v) is 4.06. The first-order chi connectivity index (χ1) is 10.5. The average Bonchev–Trinajstić information content (AvgIpc) is 3.07. The summed E-state index contributed by atoms with van der Waals surface area (Å²) in [5.74, 6) is -1.67. The summed E-state index contributed by atoms with van der Waals surface area (Å²) in [5.41, 5.74) is 0.774. The summed E-state index contributed by atoms with van der Waals surface area (Å²) < 4.78 is 0. The molecule has 1 aliphatic carbocycles. The quantitative estimate of drug-likeness (QED) is 0.583. The van der Waals surface area contributed by atoms with Gasteiger partial charge in [0.2, 0.25) is 5.91 Å². The van der Waals surface area contributed by atoms with Crippen molar-refractivity contribution in [1.29, 1.82) is 0 Å². The number of carbonyl (C=O) groups is 3. The molecule has 3 N–H and O–H groups in total. The Hall–Kier alpha value is -2.18. The molecule has 1 fully saturated rings. The summed E-state index contributed by atoms with van der Waals surface area (Å²) in [6.07, 6.45) is 5.13. The summed E-state index contributed by atoms with van der Waals surface area (Å²) >= 11 is 0. The van der Waals surface area contributed by atoms with Crippen LogP contribution < -0.4 is 5.32 Å². The standard InChI is InChI=1S/C15H21N3O4/c1-9(19)17-4-2-3-14(20)12-6-11(12)13(15(21)22)5-10-7-16-8-18-10/h7-8,11-13H,2-6H2,1H3,(H,16,18)(H,17,19)(H,21,22). The predicted octanol–water partition coefficient (Wildman–Crippen LogP) is 0.774. The predicted molar refractivity (Wildman–Crippen MR) is 77.9 cm³/mol. The molecule has 0 bridgehead atoms. The van der Waals surface area contributed by atoms with Gasteiger partial charge in [-0.3, -0.25) is 14.4 Å². The Morgan fingerprint density at radius 3 is 2.86 bits per heavy atom. The second-order valence-corrected chi connectivity index (χ2v) is 5.78. The second kappa shape index (κ2) is 7.20. The number of imidazole rings is 1. The molecule has 0 aliphatic heterocycles. The Bertz CT molecular complexity index is 541. The van der Waals surface area contributed by atoms with Gasteiger partial charge < -0.3 is 15.4 Å². The number of H-pyrrole nitrogens is 1. The number of carbonyl (C=O) groups excluding carboxylic acids is 2. The molecule has 1 aromatic rings. The third kappa shape index (κ3) is 4.41. The Morgan fingerprint density at radius 1 is 1.50 bits per heavy atom. The van der Waals surface area contributed by atoms with Crippen LogP contribution in [-0.2, 0) is 20.8 Å². The minimum Gasteiger partial charge on any atom is -0.481 e. The van der Waals surface area contributed by atoms with E-state index in [1.54, 1.807) is 6.20 Å². The zero-order chi connectivity index (χ0) is 16.1. The highest BCUT2D eigenvalue weighted by Gasteiger charge is 2.49. The molecule has 7 heteroatoms. The van der Waals surface area contributed by atoms with Crippen molar-refractivity contribution < 1.29 is 19.5 Å². The maximum atomic E-state index is 12.1. The van der Waals surface area contributed by atoms with Crippen LogP contribution in [0.25, 0.3) is 0 Å². The largest absolute Gasteiger partial charge is 0.481 e. The van der Waals surface area contributed by atoms with Crippen LogP contribution in [-0.4, -0.2) is 39.3 Å². The zero-order valence-electron chi connectivity index (χ0n) is 12.5. The Balaban J connectivity index is 1.79. The zero-order valence-corrected chi connectivity index (χ0v) is 12.5. The first-order valence-corrected chi connectivity index (χ1v) is 7.46. The molecule has 3 atom stereocenters. The molecule has 1 amide bonds. The van der Waals surface area contributed by atoms with Crippen LogP contribution in [0, 0.1) is 17.8 Å². The number of aromatic amines is 1. The van der Waals surface area contributed by atoms with E-state index < -0.39 is 11.9 Å². The number of hydrogen-bond acceptors (Lipinski definition) is 4. The topological polar surface area (TPSA) is 112 Å². The number of nitrogens with one attached hydrogen (secondary N) is 2. The maximum Gasteiger partial charge on any atom is 0.307 e. The van der Waals surface area contributed by atoms with Crippen LogP contribution in [0.1, 0.15) is 31.9 Å². The number of carboxylic acids is 1.